The first-order valence-corrected chi connectivity index (χ1v) is 10.7. The number of ketones is 1. The predicted octanol–water partition coefficient (Wildman–Crippen LogP) is 4.86. The van der Waals surface area contributed by atoms with Crippen LogP contribution >= 0.6 is 11.8 Å². The molecule has 6 heteroatoms. The van der Waals surface area contributed by atoms with E-state index >= 15 is 0 Å². The second-order valence-corrected chi connectivity index (χ2v) is 8.31. The van der Waals surface area contributed by atoms with Crippen LogP contribution in [0.4, 0.5) is 0 Å². The van der Waals surface area contributed by atoms with Gasteiger partial charge in [-0.3, -0.25) is 4.79 Å². The third-order valence-electron chi connectivity index (χ3n) is 4.28. The highest BCUT2D eigenvalue weighted by Crippen LogP contribution is 2.32. The van der Waals surface area contributed by atoms with E-state index in [1.165, 1.54) is 0 Å². The molecule has 0 aliphatic heterocycles. The van der Waals surface area contributed by atoms with E-state index in [4.69, 9.17) is 9.68 Å². The van der Waals surface area contributed by atoms with Gasteiger partial charge in [-0.25, -0.2) is 0 Å². The predicted molar refractivity (Wildman–Crippen MR) is 111 cm³/mol. The van der Waals surface area contributed by atoms with Crippen molar-refractivity contribution < 1.29 is 14.5 Å². The second kappa shape index (κ2) is 13.0. The van der Waals surface area contributed by atoms with E-state index in [2.05, 4.69) is 37.7 Å². The molecule has 1 fully saturated rings. The lowest BCUT2D eigenvalue weighted by Gasteiger charge is -2.30. The molecule has 5 nitrogen and oxygen atoms in total. The summed E-state index contributed by atoms with van der Waals surface area (Å²) < 4.78 is 0. The Balaban J connectivity index is 3.01. The Labute approximate surface area is 162 Å². The largest absolute Gasteiger partial charge is 0.396 e. The molecule has 1 rings (SSSR count). The summed E-state index contributed by atoms with van der Waals surface area (Å²) in [6.07, 6.45) is 5.66. The van der Waals surface area contributed by atoms with E-state index in [9.17, 15) is 4.79 Å². The summed E-state index contributed by atoms with van der Waals surface area (Å²) in [7, 11) is 0. The van der Waals surface area contributed by atoms with Crippen molar-refractivity contribution in [3.63, 3.8) is 0 Å². The quantitative estimate of drug-likeness (QED) is 0.209. The third kappa shape index (κ3) is 7.52. The fourth-order valence-corrected chi connectivity index (χ4v) is 4.33. The van der Waals surface area contributed by atoms with E-state index in [-0.39, 0.29) is 5.78 Å². The first-order valence-electron chi connectivity index (χ1n) is 9.69. The van der Waals surface area contributed by atoms with Gasteiger partial charge in [0.05, 0.1) is 11.4 Å². The molecule has 1 saturated carbocycles. The zero-order chi connectivity index (χ0) is 19.4. The lowest BCUT2D eigenvalue weighted by Crippen LogP contribution is -2.39. The molecule has 0 radical (unpaired) electrons. The number of nitrogens with zero attached hydrogens (tertiary/aromatic N) is 2. The Morgan fingerprint density at radius 3 is 2.73 bits per heavy atom. The van der Waals surface area contributed by atoms with Crippen LogP contribution in [0.2, 0.25) is 0 Å². The SMILES string of the molecule is C=CCO/N=C1/C[C@@H](C[C@@H](C)SCC)CC(=O)[C@H]1/C(CCC)=N\OCC. The number of thioether (sulfide) groups is 1. The van der Waals surface area contributed by atoms with Crippen LogP contribution in [0.15, 0.2) is 23.0 Å². The van der Waals surface area contributed by atoms with Crippen molar-refractivity contribution in [1.29, 1.82) is 0 Å². The molecule has 148 valence electrons. The molecule has 0 spiro atoms. The molecule has 1 aliphatic rings. The molecule has 0 aromatic heterocycles. The van der Waals surface area contributed by atoms with E-state index in [0.29, 0.717) is 30.8 Å². The number of oxime groups is 2. The van der Waals surface area contributed by atoms with Crippen molar-refractivity contribution in [3.05, 3.63) is 12.7 Å². The Bertz CT molecular complexity index is 505. The molecule has 0 unspecified atom stereocenters. The van der Waals surface area contributed by atoms with Crippen molar-refractivity contribution in [2.45, 2.75) is 65.0 Å². The van der Waals surface area contributed by atoms with Gasteiger partial charge in [0.1, 0.15) is 24.9 Å². The van der Waals surface area contributed by atoms with Crippen LogP contribution < -0.4 is 0 Å². The number of hydrogen-bond donors (Lipinski definition) is 0. The van der Waals surface area contributed by atoms with Crippen molar-refractivity contribution in [2.24, 2.45) is 22.1 Å². The highest BCUT2D eigenvalue weighted by Gasteiger charge is 2.38. The van der Waals surface area contributed by atoms with Gasteiger partial charge in [-0.2, -0.15) is 11.8 Å². The van der Waals surface area contributed by atoms with Crippen LogP contribution in [-0.2, 0) is 14.5 Å². The van der Waals surface area contributed by atoms with Gasteiger partial charge in [-0.15, -0.1) is 0 Å². The maximum absolute atomic E-state index is 13.0. The Kier molecular flexibility index (Phi) is 11.3. The maximum atomic E-state index is 13.0. The average Bonchev–Trinajstić information content (AvgIpc) is 2.59. The summed E-state index contributed by atoms with van der Waals surface area (Å²) in [5.41, 5.74) is 1.56. The molecule has 0 aromatic rings. The maximum Gasteiger partial charge on any atom is 0.147 e. The minimum absolute atomic E-state index is 0.183. The summed E-state index contributed by atoms with van der Waals surface area (Å²) in [6.45, 7) is 12.8. The molecule has 1 aliphatic carbocycles. The monoisotopic (exact) mass is 382 g/mol. The van der Waals surface area contributed by atoms with Crippen LogP contribution in [0.25, 0.3) is 0 Å². The highest BCUT2D eigenvalue weighted by molar-refractivity contribution is 7.99. The Hall–Kier alpha value is -1.30. The number of hydrogen-bond acceptors (Lipinski definition) is 6. The molecule has 0 aromatic carbocycles. The summed E-state index contributed by atoms with van der Waals surface area (Å²) in [6, 6.07) is 0. The van der Waals surface area contributed by atoms with Crippen molar-refractivity contribution in [1.82, 2.24) is 0 Å². The zero-order valence-electron chi connectivity index (χ0n) is 16.7. The molecule has 0 amide bonds. The smallest absolute Gasteiger partial charge is 0.147 e. The minimum atomic E-state index is -0.406. The number of rotatable bonds is 12. The molecular weight excluding hydrogens is 348 g/mol. The van der Waals surface area contributed by atoms with Gasteiger partial charge in [0.15, 0.2) is 0 Å². The van der Waals surface area contributed by atoms with Crippen molar-refractivity contribution >= 4 is 29.0 Å². The Morgan fingerprint density at radius 1 is 1.35 bits per heavy atom. The van der Waals surface area contributed by atoms with Gasteiger partial charge >= 0.3 is 0 Å². The fraction of sp³-hybridized carbons (Fsp3) is 0.750. The third-order valence-corrected chi connectivity index (χ3v) is 5.38. The minimum Gasteiger partial charge on any atom is -0.396 e. The van der Waals surface area contributed by atoms with E-state index in [0.717, 1.165) is 42.9 Å². The normalized spacial score (nSPS) is 23.8. The molecule has 26 heavy (non-hydrogen) atoms. The molecule has 0 heterocycles. The van der Waals surface area contributed by atoms with Crippen LogP contribution in [0.1, 0.15) is 59.8 Å². The first-order chi connectivity index (χ1) is 12.6. The molecular formula is C20H34N2O3S. The van der Waals surface area contributed by atoms with Gasteiger partial charge in [0.25, 0.3) is 0 Å². The van der Waals surface area contributed by atoms with Gasteiger partial charge in [0.2, 0.25) is 0 Å². The zero-order valence-corrected chi connectivity index (χ0v) is 17.5. The van der Waals surface area contributed by atoms with Crippen molar-refractivity contribution in [2.75, 3.05) is 19.0 Å². The summed E-state index contributed by atoms with van der Waals surface area (Å²) in [5, 5.41) is 9.07. The second-order valence-electron chi connectivity index (χ2n) is 6.59. The van der Waals surface area contributed by atoms with Gasteiger partial charge in [-0.1, -0.05) is 50.2 Å². The van der Waals surface area contributed by atoms with Crippen LogP contribution in [0.3, 0.4) is 0 Å². The fourth-order valence-electron chi connectivity index (χ4n) is 3.35. The average molecular weight is 383 g/mol. The van der Waals surface area contributed by atoms with Crippen LogP contribution in [0.5, 0.6) is 0 Å². The summed E-state index contributed by atoms with van der Waals surface area (Å²) in [5.74, 6) is 1.18. The number of carbonyl (C=O) groups excluding carboxylic acids is 1. The van der Waals surface area contributed by atoms with E-state index in [1.807, 2.05) is 18.7 Å². The van der Waals surface area contributed by atoms with Gasteiger partial charge in [0, 0.05) is 11.7 Å². The number of Topliss-reactive ketones (excluding diaryl/α,β-unsaturated/α-hetero) is 1. The van der Waals surface area contributed by atoms with Gasteiger partial charge in [-0.05, 0) is 37.9 Å². The standard InChI is InChI=1S/C20H34N2O3S/c1-6-10-17(21-24-8-3)20-18(22-25-11-7-2)13-16(14-19(20)23)12-15(5)26-9-4/h7,15-16,20H,2,6,8-14H2,1,3-5H3/b21-17-,22-18-/t15-,16-,20+/m1/s1. The summed E-state index contributed by atoms with van der Waals surface area (Å²) >= 11 is 1.94. The molecule has 0 N–H and O–H groups in total. The van der Waals surface area contributed by atoms with Crippen LogP contribution in [-0.4, -0.2) is 41.4 Å². The highest BCUT2D eigenvalue weighted by atomic mass is 32.2. The number of carbonyl (C=O) groups is 1. The van der Waals surface area contributed by atoms with Gasteiger partial charge < -0.3 is 9.68 Å². The van der Waals surface area contributed by atoms with Crippen molar-refractivity contribution in [3.8, 4) is 0 Å². The first kappa shape index (κ1) is 22.7. The summed E-state index contributed by atoms with van der Waals surface area (Å²) in [4.78, 5) is 23.6. The van der Waals surface area contributed by atoms with E-state index < -0.39 is 5.92 Å². The Morgan fingerprint density at radius 2 is 2.12 bits per heavy atom. The molecule has 0 bridgehead atoms. The topological polar surface area (TPSA) is 60.2 Å². The molecule has 3 atom stereocenters. The van der Waals surface area contributed by atoms with Crippen LogP contribution in [0, 0.1) is 11.8 Å². The molecule has 0 saturated heterocycles. The lowest BCUT2D eigenvalue weighted by molar-refractivity contribution is -0.121. The van der Waals surface area contributed by atoms with E-state index in [1.54, 1.807) is 6.08 Å². The lowest BCUT2D eigenvalue weighted by atomic mass is 9.75.